The normalized spacial score (nSPS) is 17.1. The molecule has 82 valence electrons. The van der Waals surface area contributed by atoms with E-state index in [1.54, 1.807) is 12.4 Å². The van der Waals surface area contributed by atoms with Crippen molar-refractivity contribution in [3.05, 3.63) is 23.2 Å². The van der Waals surface area contributed by atoms with Gasteiger partial charge < -0.3 is 4.74 Å². The van der Waals surface area contributed by atoms with Crippen LogP contribution in [-0.4, -0.2) is 16.6 Å². The second-order valence-corrected chi connectivity index (χ2v) is 4.38. The van der Waals surface area contributed by atoms with Gasteiger partial charge in [-0.15, -0.1) is 0 Å². The van der Waals surface area contributed by atoms with Crippen molar-refractivity contribution < 1.29 is 4.74 Å². The summed E-state index contributed by atoms with van der Waals surface area (Å²) in [5, 5.41) is 0.426. The van der Waals surface area contributed by atoms with Crippen LogP contribution < -0.4 is 0 Å². The number of ether oxygens (including phenoxy) is 1. The highest BCUT2D eigenvalue weighted by atomic mass is 35.5. The van der Waals surface area contributed by atoms with E-state index in [2.05, 4.69) is 9.97 Å². The summed E-state index contributed by atoms with van der Waals surface area (Å²) in [6, 6.07) is 0. The second-order valence-electron chi connectivity index (χ2n) is 4.00. The number of hydrogen-bond donors (Lipinski definition) is 0. The van der Waals surface area contributed by atoms with Crippen LogP contribution in [0.4, 0.5) is 0 Å². The smallest absolute Gasteiger partial charge is 0.147 e. The summed E-state index contributed by atoms with van der Waals surface area (Å²) >= 11 is 5.63. The van der Waals surface area contributed by atoms with E-state index in [9.17, 15) is 0 Å². The summed E-state index contributed by atoms with van der Waals surface area (Å²) in [6.07, 6.45) is 8.55. The van der Waals surface area contributed by atoms with E-state index >= 15 is 0 Å². The molecule has 1 aromatic rings. The molecule has 0 aliphatic heterocycles. The van der Waals surface area contributed by atoms with Gasteiger partial charge in [-0.25, -0.2) is 4.98 Å². The van der Waals surface area contributed by atoms with Crippen molar-refractivity contribution in [2.45, 2.75) is 32.3 Å². The molecule has 0 unspecified atom stereocenters. The second kappa shape index (κ2) is 5.42. The van der Waals surface area contributed by atoms with Crippen LogP contribution in [0.5, 0.6) is 0 Å². The van der Waals surface area contributed by atoms with Crippen molar-refractivity contribution in [1.29, 1.82) is 0 Å². The van der Waals surface area contributed by atoms with Gasteiger partial charge in [0.15, 0.2) is 0 Å². The Labute approximate surface area is 94.8 Å². The van der Waals surface area contributed by atoms with E-state index < -0.39 is 0 Å². The lowest BCUT2D eigenvalue weighted by Crippen LogP contribution is -2.06. The largest absolute Gasteiger partial charge is 0.375 e. The molecule has 15 heavy (non-hydrogen) atoms. The maximum Gasteiger partial charge on any atom is 0.147 e. The van der Waals surface area contributed by atoms with Crippen LogP contribution in [0.2, 0.25) is 5.15 Å². The molecule has 1 heterocycles. The van der Waals surface area contributed by atoms with Crippen molar-refractivity contribution in [1.82, 2.24) is 9.97 Å². The Morgan fingerprint density at radius 1 is 1.27 bits per heavy atom. The maximum atomic E-state index is 5.63. The Balaban J connectivity index is 1.71. The highest BCUT2D eigenvalue weighted by molar-refractivity contribution is 6.29. The monoisotopic (exact) mass is 226 g/mol. The summed E-state index contributed by atoms with van der Waals surface area (Å²) in [5.74, 6) is 0.755. The molecule has 0 aromatic carbocycles. The van der Waals surface area contributed by atoms with Crippen molar-refractivity contribution in [3.63, 3.8) is 0 Å². The zero-order valence-electron chi connectivity index (χ0n) is 8.66. The molecule has 1 saturated carbocycles. The predicted molar refractivity (Wildman–Crippen MR) is 58.7 cm³/mol. The van der Waals surface area contributed by atoms with E-state index in [0.29, 0.717) is 11.8 Å². The van der Waals surface area contributed by atoms with Gasteiger partial charge >= 0.3 is 0 Å². The van der Waals surface area contributed by atoms with E-state index in [0.717, 1.165) is 18.2 Å². The number of rotatable bonds is 4. The molecule has 1 aliphatic carbocycles. The van der Waals surface area contributed by atoms with Gasteiger partial charge in [-0.1, -0.05) is 24.4 Å². The van der Waals surface area contributed by atoms with Gasteiger partial charge in [0.2, 0.25) is 0 Å². The van der Waals surface area contributed by atoms with Crippen molar-refractivity contribution in [2.75, 3.05) is 6.61 Å². The fourth-order valence-electron chi connectivity index (χ4n) is 1.92. The van der Waals surface area contributed by atoms with Crippen LogP contribution in [-0.2, 0) is 11.3 Å². The highest BCUT2D eigenvalue weighted by Crippen LogP contribution is 2.24. The van der Waals surface area contributed by atoms with E-state index in [4.69, 9.17) is 16.3 Å². The van der Waals surface area contributed by atoms with Crippen LogP contribution >= 0.6 is 11.6 Å². The first-order chi connectivity index (χ1) is 7.34. The molecule has 4 heteroatoms. The van der Waals surface area contributed by atoms with Crippen LogP contribution in [0.15, 0.2) is 12.4 Å². The van der Waals surface area contributed by atoms with E-state index in [1.165, 1.54) is 25.7 Å². The Hall–Kier alpha value is -0.670. The first-order valence-corrected chi connectivity index (χ1v) is 5.76. The lowest BCUT2D eigenvalue weighted by atomic mass is 10.1. The fourth-order valence-corrected chi connectivity index (χ4v) is 2.02. The molecule has 0 radical (unpaired) electrons. The lowest BCUT2D eigenvalue weighted by molar-refractivity contribution is 0.0865. The van der Waals surface area contributed by atoms with E-state index in [-0.39, 0.29) is 0 Å². The molecule has 0 bridgehead atoms. The average Bonchev–Trinajstić information content (AvgIpc) is 2.74. The van der Waals surface area contributed by atoms with Gasteiger partial charge in [-0.05, 0) is 18.8 Å². The third-order valence-corrected chi connectivity index (χ3v) is 2.95. The van der Waals surface area contributed by atoms with Crippen molar-refractivity contribution in [3.8, 4) is 0 Å². The van der Waals surface area contributed by atoms with Gasteiger partial charge in [0.05, 0.1) is 24.7 Å². The first-order valence-electron chi connectivity index (χ1n) is 5.39. The number of nitrogens with zero attached hydrogens (tertiary/aromatic N) is 2. The lowest BCUT2D eigenvalue weighted by Gasteiger charge is -2.08. The Kier molecular flexibility index (Phi) is 3.92. The summed E-state index contributed by atoms with van der Waals surface area (Å²) in [4.78, 5) is 8.08. The van der Waals surface area contributed by atoms with Gasteiger partial charge in [-0.3, -0.25) is 4.98 Å². The minimum atomic E-state index is 0.426. The van der Waals surface area contributed by atoms with Crippen molar-refractivity contribution in [2.24, 2.45) is 5.92 Å². The summed E-state index contributed by atoms with van der Waals surface area (Å²) in [7, 11) is 0. The molecular weight excluding hydrogens is 212 g/mol. The number of aromatic nitrogens is 2. The molecule has 0 saturated heterocycles. The summed E-state index contributed by atoms with van der Waals surface area (Å²) in [6.45, 7) is 1.39. The molecule has 0 N–H and O–H groups in total. The summed E-state index contributed by atoms with van der Waals surface area (Å²) < 4.78 is 5.60. The minimum Gasteiger partial charge on any atom is -0.375 e. The van der Waals surface area contributed by atoms with Gasteiger partial charge in [0.1, 0.15) is 5.15 Å². The quantitative estimate of drug-likeness (QED) is 0.792. The predicted octanol–water partition coefficient (Wildman–Crippen LogP) is 2.84. The number of halogens is 1. The first kappa shape index (κ1) is 10.8. The minimum absolute atomic E-state index is 0.426. The third kappa shape index (κ3) is 3.43. The van der Waals surface area contributed by atoms with Crippen LogP contribution in [0.1, 0.15) is 31.4 Å². The molecule has 0 spiro atoms. The molecule has 1 aliphatic rings. The van der Waals surface area contributed by atoms with Gasteiger partial charge in [0, 0.05) is 6.61 Å². The summed E-state index contributed by atoms with van der Waals surface area (Å²) in [5.41, 5.74) is 0.845. The average molecular weight is 227 g/mol. The topological polar surface area (TPSA) is 35.0 Å². The molecule has 0 amide bonds. The van der Waals surface area contributed by atoms with Crippen LogP contribution in [0.25, 0.3) is 0 Å². The molecular formula is C11H15ClN2O. The Morgan fingerprint density at radius 2 is 2.07 bits per heavy atom. The maximum absolute atomic E-state index is 5.63. The molecule has 2 rings (SSSR count). The molecule has 0 atom stereocenters. The zero-order valence-corrected chi connectivity index (χ0v) is 9.41. The Morgan fingerprint density at radius 3 is 2.73 bits per heavy atom. The van der Waals surface area contributed by atoms with Gasteiger partial charge in [0.25, 0.3) is 0 Å². The Bertz CT molecular complexity index is 296. The number of hydrogen-bond acceptors (Lipinski definition) is 3. The zero-order chi connectivity index (χ0) is 10.5. The van der Waals surface area contributed by atoms with Crippen molar-refractivity contribution >= 4 is 11.6 Å². The highest BCUT2D eigenvalue weighted by Gasteiger charge is 2.14. The molecule has 3 nitrogen and oxygen atoms in total. The molecule has 1 fully saturated rings. The third-order valence-electron chi connectivity index (χ3n) is 2.75. The fraction of sp³-hybridized carbons (Fsp3) is 0.636. The van der Waals surface area contributed by atoms with Crippen LogP contribution in [0, 0.1) is 5.92 Å². The standard InChI is InChI=1S/C11H15ClN2O/c12-11-6-13-10(5-14-11)8-15-7-9-3-1-2-4-9/h5-6,9H,1-4,7-8H2. The van der Waals surface area contributed by atoms with Crippen LogP contribution in [0.3, 0.4) is 0 Å². The SMILES string of the molecule is Clc1cnc(COCC2CCCC2)cn1. The van der Waals surface area contributed by atoms with Gasteiger partial charge in [-0.2, -0.15) is 0 Å². The molecule has 1 aromatic heterocycles. The van der Waals surface area contributed by atoms with E-state index in [1.807, 2.05) is 0 Å².